The molecule has 0 radical (unpaired) electrons. The summed E-state index contributed by atoms with van der Waals surface area (Å²) in [5, 5.41) is 15.6. The van der Waals surface area contributed by atoms with Crippen molar-refractivity contribution >= 4 is 23.1 Å². The summed E-state index contributed by atoms with van der Waals surface area (Å²) in [6.07, 6.45) is 4.62. The Balaban J connectivity index is 1.31. The lowest BCUT2D eigenvalue weighted by molar-refractivity contribution is -0.120. The lowest BCUT2D eigenvalue weighted by atomic mass is 9.96. The molecule has 1 saturated heterocycles. The highest BCUT2D eigenvalue weighted by molar-refractivity contribution is 5.92. The number of anilines is 3. The summed E-state index contributed by atoms with van der Waals surface area (Å²) >= 11 is 0. The largest absolute Gasteiger partial charge is 0.378 e. The van der Waals surface area contributed by atoms with Gasteiger partial charge in [0, 0.05) is 44.5 Å². The van der Waals surface area contributed by atoms with Gasteiger partial charge in [0.1, 0.15) is 12.7 Å². The fourth-order valence-corrected chi connectivity index (χ4v) is 3.39. The maximum absolute atomic E-state index is 12.6. The molecule has 9 nitrogen and oxygen atoms in total. The number of benzene rings is 1. The van der Waals surface area contributed by atoms with Crippen LogP contribution in [0.1, 0.15) is 12.8 Å². The standard InChI is InChI=1S/C20H24N8O/c1-26(2)17-5-3-16(4-6-17)23-20(29)15-9-11-27(12-10-15)18-7-8-19(25-24-18)28-14-21-13-22-28/h3-8,13-15H,9-12H2,1-2H3,(H,23,29). The fourth-order valence-electron chi connectivity index (χ4n) is 3.39. The van der Waals surface area contributed by atoms with Crippen LogP contribution in [0.25, 0.3) is 5.82 Å². The number of carbonyl (C=O) groups is 1. The zero-order chi connectivity index (χ0) is 20.2. The summed E-state index contributed by atoms with van der Waals surface area (Å²) in [4.78, 5) is 20.7. The minimum Gasteiger partial charge on any atom is -0.378 e. The highest BCUT2D eigenvalue weighted by atomic mass is 16.1. The predicted molar refractivity (Wildman–Crippen MR) is 111 cm³/mol. The van der Waals surface area contributed by atoms with E-state index < -0.39 is 0 Å². The zero-order valence-electron chi connectivity index (χ0n) is 16.6. The molecule has 3 aromatic rings. The van der Waals surface area contributed by atoms with Gasteiger partial charge in [0.15, 0.2) is 11.6 Å². The Morgan fingerprint density at radius 1 is 1.03 bits per heavy atom. The van der Waals surface area contributed by atoms with Gasteiger partial charge in [-0.1, -0.05) is 0 Å². The molecule has 0 atom stereocenters. The maximum atomic E-state index is 12.6. The molecule has 1 fully saturated rings. The first kappa shape index (κ1) is 18.9. The normalized spacial score (nSPS) is 14.6. The van der Waals surface area contributed by atoms with Crippen molar-refractivity contribution in [2.75, 3.05) is 42.3 Å². The lowest BCUT2D eigenvalue weighted by Gasteiger charge is -2.31. The van der Waals surface area contributed by atoms with E-state index in [1.165, 1.54) is 6.33 Å². The quantitative estimate of drug-likeness (QED) is 0.710. The van der Waals surface area contributed by atoms with Crippen LogP contribution in [-0.4, -0.2) is 58.1 Å². The van der Waals surface area contributed by atoms with Crippen LogP contribution in [0.2, 0.25) is 0 Å². The van der Waals surface area contributed by atoms with Gasteiger partial charge < -0.3 is 15.1 Å². The summed E-state index contributed by atoms with van der Waals surface area (Å²) in [7, 11) is 3.99. The van der Waals surface area contributed by atoms with E-state index in [-0.39, 0.29) is 11.8 Å². The topological polar surface area (TPSA) is 92.1 Å². The summed E-state index contributed by atoms with van der Waals surface area (Å²) in [5.74, 6) is 1.52. The van der Waals surface area contributed by atoms with Crippen molar-refractivity contribution in [1.82, 2.24) is 25.0 Å². The maximum Gasteiger partial charge on any atom is 0.227 e. The lowest BCUT2D eigenvalue weighted by Crippen LogP contribution is -2.38. The number of hydrogen-bond donors (Lipinski definition) is 1. The molecule has 0 spiro atoms. The molecule has 1 aliphatic heterocycles. The summed E-state index contributed by atoms with van der Waals surface area (Å²) in [5.41, 5.74) is 1.94. The van der Waals surface area contributed by atoms with Gasteiger partial charge in [0.2, 0.25) is 5.91 Å². The third-order valence-electron chi connectivity index (χ3n) is 5.13. The van der Waals surface area contributed by atoms with Crippen molar-refractivity contribution in [2.24, 2.45) is 5.92 Å². The first-order valence-corrected chi connectivity index (χ1v) is 9.62. The van der Waals surface area contributed by atoms with E-state index in [0.717, 1.165) is 43.1 Å². The van der Waals surface area contributed by atoms with Crippen LogP contribution >= 0.6 is 0 Å². The van der Waals surface area contributed by atoms with Crippen molar-refractivity contribution in [3.05, 3.63) is 49.1 Å². The molecule has 0 aliphatic carbocycles. The highest BCUT2D eigenvalue weighted by Crippen LogP contribution is 2.24. The molecule has 0 unspecified atom stereocenters. The molecular formula is C20H24N8O. The van der Waals surface area contributed by atoms with Crippen molar-refractivity contribution in [1.29, 1.82) is 0 Å². The number of hydrogen-bond acceptors (Lipinski definition) is 7. The number of carbonyl (C=O) groups excluding carboxylic acids is 1. The van der Waals surface area contributed by atoms with Gasteiger partial charge in [0.05, 0.1) is 0 Å². The Morgan fingerprint density at radius 2 is 1.72 bits per heavy atom. The van der Waals surface area contributed by atoms with Gasteiger partial charge >= 0.3 is 0 Å². The van der Waals surface area contributed by atoms with E-state index in [2.05, 4.69) is 30.5 Å². The molecule has 150 valence electrons. The zero-order valence-corrected chi connectivity index (χ0v) is 16.6. The number of rotatable bonds is 5. The number of piperidine rings is 1. The van der Waals surface area contributed by atoms with Crippen LogP contribution < -0.4 is 15.1 Å². The van der Waals surface area contributed by atoms with Gasteiger partial charge in [-0.15, -0.1) is 10.2 Å². The molecule has 1 aromatic carbocycles. The van der Waals surface area contributed by atoms with Gasteiger partial charge in [-0.3, -0.25) is 4.79 Å². The van der Waals surface area contributed by atoms with E-state index in [1.807, 2.05) is 55.4 Å². The van der Waals surface area contributed by atoms with Crippen molar-refractivity contribution in [2.45, 2.75) is 12.8 Å². The highest BCUT2D eigenvalue weighted by Gasteiger charge is 2.26. The van der Waals surface area contributed by atoms with E-state index in [1.54, 1.807) is 11.0 Å². The second kappa shape index (κ2) is 8.26. The van der Waals surface area contributed by atoms with Crippen LogP contribution in [0.15, 0.2) is 49.1 Å². The fraction of sp³-hybridized carbons (Fsp3) is 0.350. The van der Waals surface area contributed by atoms with Crippen molar-refractivity contribution < 1.29 is 4.79 Å². The average molecular weight is 392 g/mol. The minimum absolute atomic E-state index is 0.00200. The monoisotopic (exact) mass is 392 g/mol. The number of nitrogens with one attached hydrogen (secondary N) is 1. The summed E-state index contributed by atoms with van der Waals surface area (Å²) < 4.78 is 1.57. The van der Waals surface area contributed by atoms with Gasteiger partial charge in [-0.05, 0) is 49.2 Å². The van der Waals surface area contributed by atoms with E-state index in [0.29, 0.717) is 5.82 Å². The first-order chi connectivity index (χ1) is 14.1. The summed E-state index contributed by atoms with van der Waals surface area (Å²) in [6.45, 7) is 1.55. The van der Waals surface area contributed by atoms with Crippen LogP contribution in [0.3, 0.4) is 0 Å². The molecule has 1 aliphatic rings. The van der Waals surface area contributed by atoms with E-state index >= 15 is 0 Å². The molecule has 0 saturated carbocycles. The van der Waals surface area contributed by atoms with Crippen LogP contribution in [0.5, 0.6) is 0 Å². The molecule has 2 aromatic heterocycles. The Kier molecular flexibility index (Phi) is 5.37. The number of nitrogens with zero attached hydrogens (tertiary/aromatic N) is 7. The first-order valence-electron chi connectivity index (χ1n) is 9.62. The van der Waals surface area contributed by atoms with Gasteiger partial charge in [-0.25, -0.2) is 9.67 Å². The van der Waals surface area contributed by atoms with Crippen LogP contribution in [-0.2, 0) is 4.79 Å². The number of amides is 1. The predicted octanol–water partition coefficient (Wildman–Crippen LogP) is 1.98. The SMILES string of the molecule is CN(C)c1ccc(NC(=O)C2CCN(c3ccc(-n4cncn4)nn3)CC2)cc1. The summed E-state index contributed by atoms with van der Waals surface area (Å²) in [6, 6.07) is 11.7. The molecule has 1 N–H and O–H groups in total. The van der Waals surface area contributed by atoms with E-state index in [9.17, 15) is 4.79 Å². The smallest absolute Gasteiger partial charge is 0.227 e. The third-order valence-corrected chi connectivity index (χ3v) is 5.13. The molecule has 4 rings (SSSR count). The van der Waals surface area contributed by atoms with Gasteiger partial charge in [0.25, 0.3) is 0 Å². The van der Waals surface area contributed by atoms with Crippen molar-refractivity contribution in [3.8, 4) is 5.82 Å². The van der Waals surface area contributed by atoms with Crippen LogP contribution in [0, 0.1) is 5.92 Å². The number of aromatic nitrogens is 5. The Bertz CT molecular complexity index is 930. The van der Waals surface area contributed by atoms with E-state index in [4.69, 9.17) is 0 Å². The average Bonchev–Trinajstić information content (AvgIpc) is 3.29. The Hall–Kier alpha value is -3.49. The molecule has 0 bridgehead atoms. The molecular weight excluding hydrogens is 368 g/mol. The molecule has 9 heteroatoms. The molecule has 1 amide bonds. The Labute approximate surface area is 169 Å². The van der Waals surface area contributed by atoms with Gasteiger partial charge in [-0.2, -0.15) is 5.10 Å². The second-order valence-corrected chi connectivity index (χ2v) is 7.28. The van der Waals surface area contributed by atoms with Crippen LogP contribution in [0.4, 0.5) is 17.2 Å². The molecule has 29 heavy (non-hydrogen) atoms. The molecule has 3 heterocycles. The second-order valence-electron chi connectivity index (χ2n) is 7.28. The van der Waals surface area contributed by atoms with Crippen molar-refractivity contribution in [3.63, 3.8) is 0 Å². The minimum atomic E-state index is 0.00200. The Morgan fingerprint density at radius 3 is 2.31 bits per heavy atom. The third kappa shape index (κ3) is 4.34.